The zero-order valence-corrected chi connectivity index (χ0v) is 22.5. The van der Waals surface area contributed by atoms with Gasteiger partial charge in [0.05, 0.1) is 19.3 Å². The van der Waals surface area contributed by atoms with E-state index in [1.165, 1.54) is 0 Å². The molecule has 0 saturated carbocycles. The number of unbranched alkanes of at least 4 members (excludes halogenated alkanes) is 3. The van der Waals surface area contributed by atoms with E-state index < -0.39 is 7.82 Å². The van der Waals surface area contributed by atoms with E-state index in [2.05, 4.69) is 48.1 Å². The average Bonchev–Trinajstić information content (AvgIpc) is 2.79. The fourth-order valence-corrected chi connectivity index (χ4v) is 5.36. The number of hydrogen-bond acceptors (Lipinski definition) is 4. The van der Waals surface area contributed by atoms with Crippen LogP contribution in [0.5, 0.6) is 0 Å². The second kappa shape index (κ2) is 19.3. The van der Waals surface area contributed by atoms with Gasteiger partial charge in [-0.2, -0.15) is 0 Å². The molecule has 0 aromatic rings. The maximum absolute atomic E-state index is 13.8. The lowest BCUT2D eigenvalue weighted by atomic mass is 9.93. The molecule has 0 aliphatic heterocycles. The van der Waals surface area contributed by atoms with E-state index in [0.29, 0.717) is 25.0 Å². The fraction of sp³-hybridized carbons (Fsp3) is 0.923. The van der Waals surface area contributed by atoms with Gasteiger partial charge in [-0.1, -0.05) is 105 Å². The van der Waals surface area contributed by atoms with E-state index in [1.54, 1.807) is 6.08 Å². The molecule has 0 bridgehead atoms. The lowest BCUT2D eigenvalue weighted by Crippen LogP contribution is -2.23. The molecule has 0 N–H and O–H groups in total. The van der Waals surface area contributed by atoms with E-state index in [0.717, 1.165) is 77.0 Å². The molecule has 0 aliphatic carbocycles. The Hall–Kier alpha value is -0.150. The smallest absolute Gasteiger partial charge is 0.287 e. The maximum atomic E-state index is 13.8. The molecule has 0 spiro atoms. The van der Waals surface area contributed by atoms with Crippen molar-refractivity contribution in [3.05, 3.63) is 12.7 Å². The quantitative estimate of drug-likeness (QED) is 0.119. The van der Waals surface area contributed by atoms with Gasteiger partial charge in [-0.3, -0.25) is 13.6 Å². The van der Waals surface area contributed by atoms with Crippen molar-refractivity contribution in [3.63, 3.8) is 0 Å². The number of phosphoric ester groups is 1. The van der Waals surface area contributed by atoms with E-state index >= 15 is 0 Å². The van der Waals surface area contributed by atoms with Gasteiger partial charge in [-0.15, -0.1) is 6.58 Å². The zero-order valence-electron chi connectivity index (χ0n) is 21.6. The van der Waals surface area contributed by atoms with E-state index in [9.17, 15) is 4.57 Å². The fourth-order valence-electron chi connectivity index (χ4n) is 3.83. The third-order valence-electron chi connectivity index (χ3n) is 6.42. The largest absolute Gasteiger partial charge is 0.475 e. The molecule has 5 heteroatoms. The Morgan fingerprint density at radius 1 is 0.742 bits per heavy atom. The van der Waals surface area contributed by atoms with Crippen LogP contribution in [0.2, 0.25) is 0 Å². The molecular formula is C26H53O4P. The second-order valence-electron chi connectivity index (χ2n) is 8.99. The molecule has 0 heterocycles. The van der Waals surface area contributed by atoms with Crippen LogP contribution in [-0.2, 0) is 18.1 Å². The molecule has 4 nitrogen and oxygen atoms in total. The molecule has 0 radical (unpaired) electrons. The van der Waals surface area contributed by atoms with E-state index in [4.69, 9.17) is 13.6 Å². The number of rotatable bonds is 22. The van der Waals surface area contributed by atoms with Crippen molar-refractivity contribution in [3.8, 4) is 0 Å². The molecule has 0 saturated heterocycles. The maximum Gasteiger partial charge on any atom is 0.475 e. The van der Waals surface area contributed by atoms with E-state index in [-0.39, 0.29) is 12.0 Å². The lowest BCUT2D eigenvalue weighted by molar-refractivity contribution is 0.0509. The van der Waals surface area contributed by atoms with Gasteiger partial charge in [0, 0.05) is 0 Å². The average molecular weight is 461 g/mol. The molecule has 0 rings (SSSR count). The Morgan fingerprint density at radius 3 is 1.55 bits per heavy atom. The Kier molecular flexibility index (Phi) is 19.2. The summed E-state index contributed by atoms with van der Waals surface area (Å²) in [4.78, 5) is 0. The van der Waals surface area contributed by atoms with E-state index in [1.807, 2.05) is 0 Å². The highest BCUT2D eigenvalue weighted by molar-refractivity contribution is 7.48. The first-order valence-electron chi connectivity index (χ1n) is 13.1. The summed E-state index contributed by atoms with van der Waals surface area (Å²) in [6.45, 7) is 17.9. The highest BCUT2D eigenvalue weighted by Crippen LogP contribution is 2.53. The van der Waals surface area contributed by atoms with Gasteiger partial charge in [0.15, 0.2) is 0 Å². The molecule has 4 unspecified atom stereocenters. The van der Waals surface area contributed by atoms with Crippen molar-refractivity contribution in [1.29, 1.82) is 0 Å². The predicted molar refractivity (Wildman–Crippen MR) is 134 cm³/mol. The van der Waals surface area contributed by atoms with Crippen LogP contribution in [0.4, 0.5) is 0 Å². The zero-order chi connectivity index (χ0) is 23.5. The molecule has 186 valence electrons. The first-order valence-corrected chi connectivity index (χ1v) is 14.6. The minimum Gasteiger partial charge on any atom is -0.287 e. The minimum atomic E-state index is -3.66. The first-order chi connectivity index (χ1) is 14.9. The van der Waals surface area contributed by atoms with Crippen molar-refractivity contribution in [2.75, 3.05) is 13.2 Å². The SMILES string of the molecule is C=CC(OP(=O)(OCC(CC)CCCC)OCC(CC)CCCC)C(CC)CCCC. The standard InChI is InChI=1S/C26H53O4P/c1-8-15-18-23(11-4)21-28-31(27,29-22-24(12-5)19-16-9-2)30-26(14-7)25(13-6)20-17-10-3/h14,23-26H,7-13,15-22H2,1-6H3. The van der Waals surface area contributed by atoms with Gasteiger partial charge in [0.1, 0.15) is 0 Å². The lowest BCUT2D eigenvalue weighted by Gasteiger charge is -2.29. The summed E-state index contributed by atoms with van der Waals surface area (Å²) in [5, 5.41) is 0. The number of phosphoric acid groups is 1. The second-order valence-corrected chi connectivity index (χ2v) is 10.6. The van der Waals surface area contributed by atoms with Gasteiger partial charge in [-0.05, 0) is 37.0 Å². The van der Waals surface area contributed by atoms with Crippen LogP contribution >= 0.6 is 7.82 Å². The van der Waals surface area contributed by atoms with Crippen LogP contribution < -0.4 is 0 Å². The highest BCUT2D eigenvalue weighted by Gasteiger charge is 2.34. The first kappa shape index (κ1) is 30.9. The van der Waals surface area contributed by atoms with Crippen LogP contribution in [0.3, 0.4) is 0 Å². The Morgan fingerprint density at radius 2 is 1.19 bits per heavy atom. The van der Waals surface area contributed by atoms with Crippen LogP contribution in [0.15, 0.2) is 12.7 Å². The molecule has 4 atom stereocenters. The normalized spacial score (nSPS) is 17.6. The van der Waals surface area contributed by atoms with Crippen LogP contribution in [0, 0.1) is 17.8 Å². The number of hydrogen-bond donors (Lipinski definition) is 0. The Balaban J connectivity index is 5.32. The molecule has 0 fully saturated rings. The summed E-state index contributed by atoms with van der Waals surface area (Å²) in [7, 11) is -3.66. The molecule has 31 heavy (non-hydrogen) atoms. The Labute approximate surface area is 194 Å². The van der Waals surface area contributed by atoms with Crippen molar-refractivity contribution in [2.45, 2.75) is 125 Å². The molecule has 0 aromatic carbocycles. The summed E-state index contributed by atoms with van der Waals surface area (Å²) in [6, 6.07) is 0. The van der Waals surface area contributed by atoms with Crippen molar-refractivity contribution >= 4 is 7.82 Å². The summed E-state index contributed by atoms with van der Waals surface area (Å²) in [5.41, 5.74) is 0. The summed E-state index contributed by atoms with van der Waals surface area (Å²) >= 11 is 0. The van der Waals surface area contributed by atoms with Crippen molar-refractivity contribution in [2.24, 2.45) is 17.8 Å². The van der Waals surface area contributed by atoms with Crippen LogP contribution in [0.1, 0.15) is 119 Å². The summed E-state index contributed by atoms with van der Waals surface area (Å²) < 4.78 is 31.8. The minimum absolute atomic E-state index is 0.280. The summed E-state index contributed by atoms with van der Waals surface area (Å²) in [5.74, 6) is 1.04. The predicted octanol–water partition coefficient (Wildman–Crippen LogP) is 9.35. The van der Waals surface area contributed by atoms with Crippen LogP contribution in [-0.4, -0.2) is 19.3 Å². The summed E-state index contributed by atoms with van der Waals surface area (Å²) in [6.07, 6.45) is 14.5. The van der Waals surface area contributed by atoms with Crippen molar-refractivity contribution in [1.82, 2.24) is 0 Å². The van der Waals surface area contributed by atoms with Gasteiger partial charge in [0.25, 0.3) is 0 Å². The topological polar surface area (TPSA) is 44.8 Å². The third-order valence-corrected chi connectivity index (χ3v) is 7.86. The molecule has 0 aromatic heterocycles. The Bertz CT molecular complexity index is 444. The molecular weight excluding hydrogens is 407 g/mol. The van der Waals surface area contributed by atoms with Crippen LogP contribution in [0.25, 0.3) is 0 Å². The molecule has 0 amide bonds. The highest BCUT2D eigenvalue weighted by atomic mass is 31.2. The molecule has 0 aliphatic rings. The van der Waals surface area contributed by atoms with Gasteiger partial charge in [0.2, 0.25) is 0 Å². The van der Waals surface area contributed by atoms with Gasteiger partial charge in [-0.25, -0.2) is 4.57 Å². The third kappa shape index (κ3) is 13.9. The van der Waals surface area contributed by atoms with Crippen molar-refractivity contribution < 1.29 is 18.1 Å². The van der Waals surface area contributed by atoms with Gasteiger partial charge >= 0.3 is 7.82 Å². The van der Waals surface area contributed by atoms with Gasteiger partial charge < -0.3 is 0 Å². The monoisotopic (exact) mass is 460 g/mol.